The largest absolute Gasteiger partial charge is 0.382 e. The monoisotopic (exact) mass is 323 g/mol. The van der Waals surface area contributed by atoms with E-state index in [1.807, 2.05) is 12.1 Å². The molecule has 0 aliphatic carbocycles. The molecule has 1 aromatic carbocycles. The van der Waals surface area contributed by atoms with Gasteiger partial charge in [0.15, 0.2) is 0 Å². The van der Waals surface area contributed by atoms with Crippen molar-refractivity contribution < 1.29 is 4.79 Å². The van der Waals surface area contributed by atoms with Gasteiger partial charge in [-0.25, -0.2) is 4.98 Å². The Morgan fingerprint density at radius 1 is 1.39 bits per heavy atom. The zero-order valence-electron chi connectivity index (χ0n) is 9.37. The number of nitrogens with one attached hydrogen (secondary N) is 1. The topological polar surface area (TPSA) is 68.0 Å². The van der Waals surface area contributed by atoms with Crippen LogP contribution in [-0.2, 0) is 11.2 Å². The van der Waals surface area contributed by atoms with Gasteiger partial charge in [-0.05, 0) is 46.1 Å². The predicted octanol–water partition coefficient (Wildman–Crippen LogP) is 3.04. The summed E-state index contributed by atoms with van der Waals surface area (Å²) in [6, 6.07) is 5.95. The number of halogens is 1. The zero-order valence-corrected chi connectivity index (χ0v) is 11.8. The average Bonchev–Trinajstić information content (AvgIpc) is 2.69. The lowest BCUT2D eigenvalue weighted by atomic mass is 10.0. The molecule has 18 heavy (non-hydrogen) atoms. The predicted molar refractivity (Wildman–Crippen MR) is 76.6 cm³/mol. The second-order valence-corrected chi connectivity index (χ2v) is 6.42. The molecule has 0 saturated heterocycles. The van der Waals surface area contributed by atoms with E-state index < -0.39 is 0 Å². The molecule has 0 fully saturated rings. The Morgan fingerprint density at radius 3 is 2.94 bits per heavy atom. The molecule has 0 atom stereocenters. The number of hydrogen-bond acceptors (Lipinski definition) is 4. The van der Waals surface area contributed by atoms with E-state index in [4.69, 9.17) is 5.73 Å². The number of aromatic nitrogens is 1. The first-order chi connectivity index (χ1) is 8.63. The smallest absolute Gasteiger partial charge is 0.224 e. The highest BCUT2D eigenvalue weighted by atomic mass is 79.9. The van der Waals surface area contributed by atoms with Gasteiger partial charge in [0.1, 0.15) is 14.6 Å². The van der Waals surface area contributed by atoms with Crippen LogP contribution in [0.5, 0.6) is 0 Å². The highest BCUT2D eigenvalue weighted by molar-refractivity contribution is 9.11. The van der Waals surface area contributed by atoms with Crippen molar-refractivity contribution in [2.45, 2.75) is 12.8 Å². The van der Waals surface area contributed by atoms with E-state index >= 15 is 0 Å². The lowest BCUT2D eigenvalue weighted by Crippen LogP contribution is -2.18. The maximum Gasteiger partial charge on any atom is 0.224 e. The molecule has 0 spiro atoms. The number of thiazole rings is 1. The van der Waals surface area contributed by atoms with Crippen LogP contribution in [0.4, 0.5) is 11.5 Å². The van der Waals surface area contributed by atoms with Crippen molar-refractivity contribution in [2.75, 3.05) is 11.1 Å². The Kier molecular flexibility index (Phi) is 2.83. The van der Waals surface area contributed by atoms with Crippen molar-refractivity contribution in [3.05, 3.63) is 27.5 Å². The van der Waals surface area contributed by atoms with E-state index in [2.05, 4.69) is 32.3 Å². The van der Waals surface area contributed by atoms with Gasteiger partial charge in [-0.15, -0.1) is 11.3 Å². The molecular weight excluding hydrogens is 314 g/mol. The molecule has 2 aromatic rings. The second kappa shape index (κ2) is 4.37. The summed E-state index contributed by atoms with van der Waals surface area (Å²) in [6.45, 7) is 0. The SMILES string of the molecule is Nc1nc(-c2ccc3c(c2)CCC(=O)N3)sc1Br. The number of carbonyl (C=O) groups excluding carboxylic acids is 1. The number of anilines is 2. The molecular formula is C12H10BrN3OS. The second-order valence-electron chi connectivity index (χ2n) is 4.10. The summed E-state index contributed by atoms with van der Waals surface area (Å²) in [4.78, 5) is 15.6. The molecule has 0 unspecified atom stereocenters. The minimum Gasteiger partial charge on any atom is -0.382 e. The van der Waals surface area contributed by atoms with Crippen LogP contribution < -0.4 is 11.1 Å². The number of nitrogens with two attached hydrogens (primary N) is 1. The highest BCUT2D eigenvalue weighted by Crippen LogP contribution is 2.35. The summed E-state index contributed by atoms with van der Waals surface area (Å²) in [7, 11) is 0. The van der Waals surface area contributed by atoms with E-state index in [1.54, 1.807) is 0 Å². The Morgan fingerprint density at radius 2 is 2.22 bits per heavy atom. The summed E-state index contributed by atoms with van der Waals surface area (Å²) >= 11 is 4.88. The molecule has 0 saturated carbocycles. The fourth-order valence-electron chi connectivity index (χ4n) is 1.95. The highest BCUT2D eigenvalue weighted by Gasteiger charge is 2.16. The molecule has 4 nitrogen and oxygen atoms in total. The molecule has 1 aromatic heterocycles. The van der Waals surface area contributed by atoms with E-state index in [-0.39, 0.29) is 5.91 Å². The number of rotatable bonds is 1. The van der Waals surface area contributed by atoms with Crippen molar-refractivity contribution in [2.24, 2.45) is 0 Å². The van der Waals surface area contributed by atoms with Gasteiger partial charge in [0, 0.05) is 17.7 Å². The standard InChI is InChI=1S/C12H10BrN3OS/c13-10-11(14)16-12(18-10)7-1-3-8-6(5-7)2-4-9(17)15-8/h1,3,5H,2,4,14H2,(H,15,17). The normalized spacial score (nSPS) is 14.2. The minimum absolute atomic E-state index is 0.0801. The molecule has 1 aliphatic rings. The van der Waals surface area contributed by atoms with E-state index in [1.165, 1.54) is 11.3 Å². The summed E-state index contributed by atoms with van der Waals surface area (Å²) in [5, 5.41) is 3.75. The summed E-state index contributed by atoms with van der Waals surface area (Å²) in [5.41, 5.74) is 8.82. The summed E-state index contributed by atoms with van der Waals surface area (Å²) < 4.78 is 0.850. The van der Waals surface area contributed by atoms with Crippen LogP contribution >= 0.6 is 27.3 Å². The number of fused-ring (bicyclic) bond motifs is 1. The molecule has 0 radical (unpaired) electrons. The Balaban J connectivity index is 2.02. The van der Waals surface area contributed by atoms with E-state index in [0.717, 1.165) is 32.0 Å². The first-order valence-corrected chi connectivity index (χ1v) is 7.09. The number of benzene rings is 1. The van der Waals surface area contributed by atoms with Crippen molar-refractivity contribution in [3.63, 3.8) is 0 Å². The summed E-state index contributed by atoms with van der Waals surface area (Å²) in [6.07, 6.45) is 1.32. The lowest BCUT2D eigenvalue weighted by molar-refractivity contribution is -0.116. The molecule has 6 heteroatoms. The van der Waals surface area contributed by atoms with Crippen LogP contribution in [0.25, 0.3) is 10.6 Å². The molecule has 3 rings (SSSR count). The Hall–Kier alpha value is -1.40. The third-order valence-electron chi connectivity index (χ3n) is 2.86. The van der Waals surface area contributed by atoms with Gasteiger partial charge in [0.25, 0.3) is 0 Å². The fraction of sp³-hybridized carbons (Fsp3) is 0.167. The number of carbonyl (C=O) groups is 1. The molecule has 92 valence electrons. The van der Waals surface area contributed by atoms with Crippen LogP contribution in [0, 0.1) is 0 Å². The molecule has 3 N–H and O–H groups in total. The van der Waals surface area contributed by atoms with Crippen molar-refractivity contribution in [1.29, 1.82) is 0 Å². The van der Waals surface area contributed by atoms with Crippen LogP contribution in [0.1, 0.15) is 12.0 Å². The van der Waals surface area contributed by atoms with E-state index in [9.17, 15) is 4.79 Å². The van der Waals surface area contributed by atoms with Gasteiger partial charge in [0.05, 0.1) is 0 Å². The minimum atomic E-state index is 0.0801. The number of amides is 1. The molecule has 2 heterocycles. The van der Waals surface area contributed by atoms with Gasteiger partial charge >= 0.3 is 0 Å². The van der Waals surface area contributed by atoms with E-state index in [0.29, 0.717) is 12.2 Å². The van der Waals surface area contributed by atoms with Crippen molar-refractivity contribution in [1.82, 2.24) is 4.98 Å². The lowest BCUT2D eigenvalue weighted by Gasteiger charge is -2.16. The van der Waals surface area contributed by atoms with Crippen molar-refractivity contribution >= 4 is 44.7 Å². The van der Waals surface area contributed by atoms with Crippen LogP contribution in [0.15, 0.2) is 22.0 Å². The third kappa shape index (κ3) is 2.02. The number of nitrogens with zero attached hydrogens (tertiary/aromatic N) is 1. The zero-order chi connectivity index (χ0) is 12.7. The van der Waals surface area contributed by atoms with Crippen LogP contribution in [0.3, 0.4) is 0 Å². The Labute approximate surface area is 116 Å². The maximum absolute atomic E-state index is 11.3. The quantitative estimate of drug-likeness (QED) is 0.847. The van der Waals surface area contributed by atoms with Crippen molar-refractivity contribution in [3.8, 4) is 10.6 Å². The number of hydrogen-bond donors (Lipinski definition) is 2. The molecule has 0 bridgehead atoms. The first kappa shape index (κ1) is 11.7. The van der Waals surface area contributed by atoms with Gasteiger partial charge in [-0.3, -0.25) is 4.79 Å². The van der Waals surface area contributed by atoms with Crippen LogP contribution in [-0.4, -0.2) is 10.9 Å². The number of aryl methyl sites for hydroxylation is 1. The number of nitrogen functional groups attached to an aromatic ring is 1. The maximum atomic E-state index is 11.3. The van der Waals surface area contributed by atoms with Crippen LogP contribution in [0.2, 0.25) is 0 Å². The van der Waals surface area contributed by atoms with Gasteiger partial charge in [-0.2, -0.15) is 0 Å². The van der Waals surface area contributed by atoms with Gasteiger partial charge in [0.2, 0.25) is 5.91 Å². The third-order valence-corrected chi connectivity index (χ3v) is 4.66. The average molecular weight is 324 g/mol. The summed E-state index contributed by atoms with van der Waals surface area (Å²) in [5.74, 6) is 0.595. The fourth-order valence-corrected chi connectivity index (χ4v) is 3.21. The molecule has 1 aliphatic heterocycles. The Bertz CT molecular complexity index is 619. The molecule has 1 amide bonds. The van der Waals surface area contributed by atoms with Gasteiger partial charge < -0.3 is 11.1 Å². The van der Waals surface area contributed by atoms with Gasteiger partial charge in [-0.1, -0.05) is 0 Å². The first-order valence-electron chi connectivity index (χ1n) is 5.48.